The van der Waals surface area contributed by atoms with E-state index in [4.69, 9.17) is 4.98 Å². The Hall–Kier alpha value is -8.63. The number of nitrogens with zero attached hydrogens (tertiary/aromatic N) is 5. The zero-order chi connectivity index (χ0) is 41.7. The summed E-state index contributed by atoms with van der Waals surface area (Å²) in [5.41, 5.74) is 14.1. The van der Waals surface area contributed by atoms with Crippen LogP contribution in [0.2, 0.25) is 0 Å². The summed E-state index contributed by atoms with van der Waals surface area (Å²) in [6, 6.07) is 86.0. The fourth-order valence-electron chi connectivity index (χ4n) is 9.33. The minimum absolute atomic E-state index is 0.884. The number of fused-ring (bicyclic) bond motifs is 6. The topological polar surface area (TPSA) is 27.1 Å². The average Bonchev–Trinajstić information content (AvgIpc) is 3.91. The summed E-state index contributed by atoms with van der Waals surface area (Å²) in [5, 5.41) is 4.70. The molecule has 0 unspecified atom stereocenters. The van der Waals surface area contributed by atoms with E-state index in [1.807, 2.05) is 18.3 Å². The van der Waals surface area contributed by atoms with Crippen LogP contribution in [-0.4, -0.2) is 15.6 Å². The molecule has 0 aliphatic carbocycles. The highest BCUT2D eigenvalue weighted by Gasteiger charge is 2.41. The lowest BCUT2D eigenvalue weighted by atomic mass is 9.95. The maximum Gasteiger partial charge on any atom is 0.503 e. The number of hydrogen-bond acceptors (Lipinski definition) is 2. The Bertz CT molecular complexity index is 3530. The second kappa shape index (κ2) is 15.1. The lowest BCUT2D eigenvalue weighted by molar-refractivity contribution is 1.08. The summed E-state index contributed by atoms with van der Waals surface area (Å²) in [6.07, 6.45) is 1.86. The molecule has 0 saturated heterocycles. The standard InChI is InChI=1S/C58H39N5/c1-4-18-41(19-5-1)48-29-17-30-49(42-20-6-2-7-21-42)57(48)61-40-60(54-36-33-43-22-10-11-27-50(43)58(54)61)45-25-16-26-46(38-45)62(44-23-8-3-9-24-44)47-34-35-52-51-28-12-13-31-53(51)63(55(52)39-47)56-32-14-15-37-59-56/h1-39H/q+2. The predicted molar refractivity (Wildman–Crippen MR) is 262 cm³/mol. The summed E-state index contributed by atoms with van der Waals surface area (Å²) in [5.74, 6) is 0.884. The molecule has 0 fully saturated rings. The molecule has 2 aromatic heterocycles. The van der Waals surface area contributed by atoms with Gasteiger partial charge in [0.1, 0.15) is 5.82 Å². The first kappa shape index (κ1) is 36.2. The molecular weight excluding hydrogens is 767 g/mol. The molecule has 11 aromatic rings. The number of benzene rings is 9. The van der Waals surface area contributed by atoms with Gasteiger partial charge in [0.25, 0.3) is 5.69 Å². The van der Waals surface area contributed by atoms with Crippen molar-refractivity contribution in [1.29, 1.82) is 0 Å². The molecule has 9 aromatic carbocycles. The molecule has 63 heavy (non-hydrogen) atoms. The van der Waals surface area contributed by atoms with Gasteiger partial charge in [0.05, 0.1) is 33.2 Å². The minimum Gasteiger partial charge on any atom is -0.310 e. The van der Waals surface area contributed by atoms with E-state index in [-0.39, 0.29) is 0 Å². The summed E-state index contributed by atoms with van der Waals surface area (Å²) < 4.78 is 6.80. The molecule has 0 radical (unpaired) electrons. The predicted octanol–water partition coefficient (Wildman–Crippen LogP) is 15.0. The first-order chi connectivity index (χ1) is 31.3. The number of hydrogen-bond donors (Lipinski definition) is 0. The van der Waals surface area contributed by atoms with Gasteiger partial charge in [0.15, 0.2) is 0 Å². The average molecular weight is 806 g/mol. The maximum atomic E-state index is 4.81. The van der Waals surface area contributed by atoms with Crippen molar-refractivity contribution < 1.29 is 0 Å². The molecular formula is C58H39N5+2. The van der Waals surface area contributed by atoms with Gasteiger partial charge in [-0.1, -0.05) is 140 Å². The number of rotatable bonds is 8. The normalized spacial score (nSPS) is 12.1. The van der Waals surface area contributed by atoms with Gasteiger partial charge < -0.3 is 4.90 Å². The molecule has 0 bridgehead atoms. The first-order valence-electron chi connectivity index (χ1n) is 21.3. The smallest absolute Gasteiger partial charge is 0.310 e. The van der Waals surface area contributed by atoms with E-state index in [1.165, 1.54) is 16.2 Å². The van der Waals surface area contributed by atoms with Gasteiger partial charge in [-0.25, -0.2) is 4.98 Å². The molecule has 0 atom stereocenters. The highest BCUT2D eigenvalue weighted by Crippen LogP contribution is 2.48. The van der Waals surface area contributed by atoms with Crippen molar-refractivity contribution in [2.75, 3.05) is 4.90 Å². The van der Waals surface area contributed by atoms with E-state index >= 15 is 0 Å². The largest absolute Gasteiger partial charge is 0.503 e. The van der Waals surface area contributed by atoms with Crippen molar-refractivity contribution in [3.05, 3.63) is 237 Å². The van der Waals surface area contributed by atoms with Crippen LogP contribution in [0.15, 0.2) is 237 Å². The monoisotopic (exact) mass is 805 g/mol. The Balaban J connectivity index is 1.10. The summed E-state index contributed by atoms with van der Waals surface area (Å²) in [4.78, 5) is 7.16. The molecule has 0 N–H and O–H groups in total. The van der Waals surface area contributed by atoms with E-state index in [0.717, 1.165) is 84.3 Å². The van der Waals surface area contributed by atoms with Crippen molar-refractivity contribution in [3.8, 4) is 28.1 Å². The Morgan fingerprint density at radius 1 is 0.413 bits per heavy atom. The van der Waals surface area contributed by atoms with E-state index in [1.54, 1.807) is 0 Å². The molecule has 5 nitrogen and oxygen atoms in total. The second-order valence-electron chi connectivity index (χ2n) is 15.8. The third kappa shape index (κ3) is 6.15. The van der Waals surface area contributed by atoms with Crippen LogP contribution >= 0.6 is 0 Å². The zero-order valence-corrected chi connectivity index (χ0v) is 34.3. The highest BCUT2D eigenvalue weighted by atomic mass is 15.2. The fraction of sp³-hybridized carbons (Fsp3) is 0. The summed E-state index contributed by atoms with van der Waals surface area (Å²) in [7, 11) is 0. The molecule has 3 heterocycles. The summed E-state index contributed by atoms with van der Waals surface area (Å²) in [6.45, 7) is 0. The SMILES string of the molecule is C1=[N+](c2cccc(N(c3ccccc3)c3ccc4c5ccccc5n(-c5ccccn5)c4c3)c2)c2ccc3ccccc3c2[N+]=1c1c(-c2ccccc2)cccc1-c1ccccc1. The number of para-hydroxylation sites is 3. The van der Waals surface area contributed by atoms with Gasteiger partial charge in [-0.3, -0.25) is 4.57 Å². The van der Waals surface area contributed by atoms with Crippen LogP contribution in [0, 0.1) is 0 Å². The molecule has 12 rings (SSSR count). The van der Waals surface area contributed by atoms with Gasteiger partial charge in [0.2, 0.25) is 11.4 Å². The number of aromatic nitrogens is 2. The summed E-state index contributed by atoms with van der Waals surface area (Å²) >= 11 is 0. The Morgan fingerprint density at radius 2 is 1.03 bits per heavy atom. The maximum absolute atomic E-state index is 4.81. The fourth-order valence-corrected chi connectivity index (χ4v) is 9.33. The van der Waals surface area contributed by atoms with Crippen LogP contribution in [0.3, 0.4) is 0 Å². The lowest BCUT2D eigenvalue weighted by Crippen LogP contribution is -2.11. The molecule has 0 saturated carbocycles. The first-order valence-corrected chi connectivity index (χ1v) is 21.3. The van der Waals surface area contributed by atoms with Crippen molar-refractivity contribution in [1.82, 2.24) is 18.7 Å². The van der Waals surface area contributed by atoms with Crippen LogP contribution in [0.5, 0.6) is 0 Å². The van der Waals surface area contributed by atoms with E-state index in [0.29, 0.717) is 0 Å². The van der Waals surface area contributed by atoms with E-state index < -0.39 is 0 Å². The molecule has 1 aliphatic rings. The second-order valence-corrected chi connectivity index (χ2v) is 15.8. The van der Waals surface area contributed by atoms with E-state index in [2.05, 4.69) is 243 Å². The van der Waals surface area contributed by atoms with Gasteiger partial charge in [-0.15, -0.1) is 0 Å². The quantitative estimate of drug-likeness (QED) is 0.143. The van der Waals surface area contributed by atoms with Crippen molar-refractivity contribution in [2.24, 2.45) is 0 Å². The Kier molecular flexibility index (Phi) is 8.70. The van der Waals surface area contributed by atoms with Gasteiger partial charge in [-0.05, 0) is 98.5 Å². The molecule has 0 spiro atoms. The number of anilines is 3. The number of pyridine rings is 1. The highest BCUT2D eigenvalue weighted by molar-refractivity contribution is 6.10. The van der Waals surface area contributed by atoms with Gasteiger partial charge in [-0.2, -0.15) is 0 Å². The van der Waals surface area contributed by atoms with Crippen LogP contribution in [0.4, 0.5) is 39.8 Å². The molecule has 1 aliphatic heterocycles. The third-order valence-corrected chi connectivity index (χ3v) is 12.1. The molecule has 294 valence electrons. The van der Waals surface area contributed by atoms with Crippen molar-refractivity contribution >= 4 is 78.4 Å². The van der Waals surface area contributed by atoms with Crippen molar-refractivity contribution in [3.63, 3.8) is 0 Å². The van der Waals surface area contributed by atoms with Crippen LogP contribution < -0.4 is 14.1 Å². The Morgan fingerprint density at radius 3 is 1.78 bits per heavy atom. The van der Waals surface area contributed by atoms with Crippen molar-refractivity contribution in [2.45, 2.75) is 0 Å². The molecule has 0 amide bonds. The van der Waals surface area contributed by atoms with Crippen LogP contribution in [-0.2, 0) is 0 Å². The van der Waals surface area contributed by atoms with Crippen LogP contribution in [0.1, 0.15) is 0 Å². The lowest BCUT2D eigenvalue weighted by Gasteiger charge is -2.25. The Labute approximate surface area is 365 Å². The minimum atomic E-state index is 0.884. The van der Waals surface area contributed by atoms with Gasteiger partial charge in [0, 0.05) is 46.5 Å². The zero-order valence-electron chi connectivity index (χ0n) is 34.3. The van der Waals surface area contributed by atoms with Gasteiger partial charge >= 0.3 is 11.7 Å². The van der Waals surface area contributed by atoms with E-state index in [9.17, 15) is 0 Å². The van der Waals surface area contributed by atoms with Crippen LogP contribution in [0.25, 0.3) is 60.6 Å². The molecule has 5 heteroatoms. The third-order valence-electron chi connectivity index (χ3n) is 12.1.